The van der Waals surface area contributed by atoms with Gasteiger partial charge in [-0.1, -0.05) is 56.7 Å². The van der Waals surface area contributed by atoms with Crippen LogP contribution in [0.25, 0.3) is 11.1 Å². The molecule has 0 saturated heterocycles. The lowest BCUT2D eigenvalue weighted by Gasteiger charge is -2.08. The van der Waals surface area contributed by atoms with Gasteiger partial charge in [-0.15, -0.1) is 0 Å². The minimum atomic E-state index is -0.144. The summed E-state index contributed by atoms with van der Waals surface area (Å²) in [6.07, 6.45) is 3.29. The Morgan fingerprint density at radius 2 is 1.62 bits per heavy atom. The van der Waals surface area contributed by atoms with Gasteiger partial charge in [0, 0.05) is 12.1 Å². The molecular formula is C19H24FN. The maximum Gasteiger partial charge on any atom is 0.131 e. The molecule has 21 heavy (non-hydrogen) atoms. The summed E-state index contributed by atoms with van der Waals surface area (Å²) in [6, 6.07) is 13.7. The summed E-state index contributed by atoms with van der Waals surface area (Å²) in [4.78, 5) is 0. The lowest BCUT2D eigenvalue weighted by Crippen LogP contribution is -2.13. The quantitative estimate of drug-likeness (QED) is 0.710. The molecule has 0 aromatic heterocycles. The molecule has 0 unspecified atom stereocenters. The van der Waals surface area contributed by atoms with Gasteiger partial charge >= 0.3 is 0 Å². The van der Waals surface area contributed by atoms with Crippen LogP contribution in [0, 0.1) is 5.82 Å². The van der Waals surface area contributed by atoms with E-state index in [1.54, 1.807) is 6.07 Å². The smallest absolute Gasteiger partial charge is 0.131 e. The number of nitrogens with one attached hydrogen (secondary N) is 1. The third-order valence-corrected chi connectivity index (χ3v) is 3.59. The van der Waals surface area contributed by atoms with E-state index in [0.717, 1.165) is 43.5 Å². The topological polar surface area (TPSA) is 12.0 Å². The summed E-state index contributed by atoms with van der Waals surface area (Å²) < 4.78 is 14.3. The maximum atomic E-state index is 14.3. The van der Waals surface area contributed by atoms with Gasteiger partial charge in [0.2, 0.25) is 0 Å². The van der Waals surface area contributed by atoms with Gasteiger partial charge in [0.15, 0.2) is 0 Å². The van der Waals surface area contributed by atoms with E-state index in [9.17, 15) is 4.39 Å². The van der Waals surface area contributed by atoms with E-state index in [4.69, 9.17) is 0 Å². The van der Waals surface area contributed by atoms with Gasteiger partial charge in [-0.3, -0.25) is 0 Å². The van der Waals surface area contributed by atoms with Crippen LogP contribution in [0.15, 0.2) is 42.5 Å². The highest BCUT2D eigenvalue weighted by atomic mass is 19.1. The molecule has 2 aromatic carbocycles. The fourth-order valence-corrected chi connectivity index (χ4v) is 2.45. The normalized spacial score (nSPS) is 10.8. The Kier molecular flexibility index (Phi) is 5.94. The number of benzene rings is 2. The SMILES string of the molecule is CCCNCc1ccc(-c2ccc(CCC)cc2)c(F)c1. The van der Waals surface area contributed by atoms with Crippen LogP contribution in [-0.2, 0) is 13.0 Å². The van der Waals surface area contributed by atoms with Crippen molar-refractivity contribution in [1.82, 2.24) is 5.32 Å². The summed E-state index contributed by atoms with van der Waals surface area (Å²) in [5.74, 6) is -0.144. The minimum Gasteiger partial charge on any atom is -0.313 e. The zero-order chi connectivity index (χ0) is 15.1. The number of hydrogen-bond acceptors (Lipinski definition) is 1. The average Bonchev–Trinajstić information content (AvgIpc) is 2.49. The third-order valence-electron chi connectivity index (χ3n) is 3.59. The second kappa shape index (κ2) is 7.94. The molecule has 0 fully saturated rings. The predicted octanol–water partition coefficient (Wildman–Crippen LogP) is 4.94. The van der Waals surface area contributed by atoms with Gasteiger partial charge in [-0.2, -0.15) is 0 Å². The lowest BCUT2D eigenvalue weighted by atomic mass is 10.0. The van der Waals surface area contributed by atoms with Crippen molar-refractivity contribution in [2.45, 2.75) is 39.7 Å². The highest BCUT2D eigenvalue weighted by Gasteiger charge is 2.06. The Morgan fingerprint density at radius 3 is 2.24 bits per heavy atom. The molecule has 2 rings (SSSR count). The van der Waals surface area contributed by atoms with Gasteiger partial charge in [-0.25, -0.2) is 4.39 Å². The molecule has 0 aliphatic carbocycles. The standard InChI is InChI=1S/C19H24FN/c1-3-5-15-6-9-17(10-7-15)18-11-8-16(13-19(18)20)14-21-12-4-2/h6-11,13,21H,3-5,12,14H2,1-2H3. The van der Waals surface area contributed by atoms with Gasteiger partial charge in [0.1, 0.15) is 5.82 Å². The highest BCUT2D eigenvalue weighted by Crippen LogP contribution is 2.24. The van der Waals surface area contributed by atoms with E-state index in [1.807, 2.05) is 24.3 Å². The van der Waals surface area contributed by atoms with Crippen LogP contribution < -0.4 is 5.32 Å². The summed E-state index contributed by atoms with van der Waals surface area (Å²) in [7, 11) is 0. The van der Waals surface area contributed by atoms with Crippen LogP contribution in [0.5, 0.6) is 0 Å². The van der Waals surface area contributed by atoms with Gasteiger partial charge in [0.05, 0.1) is 0 Å². The first-order valence-electron chi connectivity index (χ1n) is 7.83. The molecule has 0 spiro atoms. The number of hydrogen-bond donors (Lipinski definition) is 1. The van der Waals surface area contributed by atoms with Crippen molar-refractivity contribution < 1.29 is 4.39 Å². The molecule has 1 N–H and O–H groups in total. The summed E-state index contributed by atoms with van der Waals surface area (Å²) >= 11 is 0. The van der Waals surface area contributed by atoms with E-state index in [0.29, 0.717) is 5.56 Å². The molecule has 0 bridgehead atoms. The van der Waals surface area contributed by atoms with E-state index >= 15 is 0 Å². The number of halogens is 1. The molecule has 0 aliphatic heterocycles. The predicted molar refractivity (Wildman–Crippen MR) is 87.8 cm³/mol. The van der Waals surface area contributed by atoms with E-state index in [1.165, 1.54) is 5.56 Å². The van der Waals surface area contributed by atoms with Crippen molar-refractivity contribution in [2.75, 3.05) is 6.54 Å². The van der Waals surface area contributed by atoms with Gasteiger partial charge in [-0.05, 0) is 42.1 Å². The first-order chi connectivity index (χ1) is 10.2. The average molecular weight is 285 g/mol. The molecular weight excluding hydrogens is 261 g/mol. The molecule has 2 aromatic rings. The van der Waals surface area contributed by atoms with Crippen molar-refractivity contribution in [3.05, 3.63) is 59.4 Å². The molecule has 1 nitrogen and oxygen atoms in total. The first-order valence-corrected chi connectivity index (χ1v) is 7.83. The number of rotatable bonds is 7. The highest BCUT2D eigenvalue weighted by molar-refractivity contribution is 5.64. The Labute approximate surface area is 127 Å². The van der Waals surface area contributed by atoms with Crippen molar-refractivity contribution in [1.29, 1.82) is 0 Å². The second-order valence-corrected chi connectivity index (χ2v) is 5.44. The third kappa shape index (κ3) is 4.40. The molecule has 2 heteroatoms. The van der Waals surface area contributed by atoms with E-state index in [-0.39, 0.29) is 5.82 Å². The fourth-order valence-electron chi connectivity index (χ4n) is 2.45. The first kappa shape index (κ1) is 15.7. The van der Waals surface area contributed by atoms with Gasteiger partial charge < -0.3 is 5.32 Å². The van der Waals surface area contributed by atoms with Crippen LogP contribution in [0.1, 0.15) is 37.8 Å². The fraction of sp³-hybridized carbons (Fsp3) is 0.368. The van der Waals surface area contributed by atoms with Crippen LogP contribution in [-0.4, -0.2) is 6.54 Å². The Balaban J connectivity index is 2.12. The zero-order valence-corrected chi connectivity index (χ0v) is 13.0. The summed E-state index contributed by atoms with van der Waals surface area (Å²) in [6.45, 7) is 5.97. The Hall–Kier alpha value is -1.67. The lowest BCUT2D eigenvalue weighted by molar-refractivity contribution is 0.622. The van der Waals surface area contributed by atoms with Gasteiger partial charge in [0.25, 0.3) is 0 Å². The number of aryl methyl sites for hydroxylation is 1. The maximum absolute atomic E-state index is 14.3. The van der Waals surface area contributed by atoms with Crippen molar-refractivity contribution in [3.8, 4) is 11.1 Å². The molecule has 0 radical (unpaired) electrons. The Bertz CT molecular complexity index is 560. The second-order valence-electron chi connectivity index (χ2n) is 5.44. The monoisotopic (exact) mass is 285 g/mol. The molecule has 0 heterocycles. The zero-order valence-electron chi connectivity index (χ0n) is 13.0. The minimum absolute atomic E-state index is 0.144. The molecule has 0 atom stereocenters. The van der Waals surface area contributed by atoms with Crippen molar-refractivity contribution in [2.24, 2.45) is 0 Å². The van der Waals surface area contributed by atoms with Crippen molar-refractivity contribution in [3.63, 3.8) is 0 Å². The summed E-state index contributed by atoms with van der Waals surface area (Å²) in [5.41, 5.74) is 3.92. The molecule has 0 amide bonds. The summed E-state index contributed by atoms with van der Waals surface area (Å²) in [5, 5.41) is 3.29. The van der Waals surface area contributed by atoms with Crippen LogP contribution in [0.3, 0.4) is 0 Å². The van der Waals surface area contributed by atoms with Crippen LogP contribution in [0.2, 0.25) is 0 Å². The largest absolute Gasteiger partial charge is 0.313 e. The Morgan fingerprint density at radius 1 is 0.905 bits per heavy atom. The molecule has 0 aliphatic rings. The van der Waals surface area contributed by atoms with E-state index < -0.39 is 0 Å². The van der Waals surface area contributed by atoms with Crippen molar-refractivity contribution >= 4 is 0 Å². The van der Waals surface area contributed by atoms with Crippen LogP contribution >= 0.6 is 0 Å². The van der Waals surface area contributed by atoms with E-state index in [2.05, 4.69) is 31.3 Å². The van der Waals surface area contributed by atoms with Crippen LogP contribution in [0.4, 0.5) is 4.39 Å². The molecule has 112 valence electrons. The molecule has 0 saturated carbocycles.